The van der Waals surface area contributed by atoms with Crippen LogP contribution in [0, 0.1) is 17.6 Å². The van der Waals surface area contributed by atoms with Gasteiger partial charge in [0.15, 0.2) is 0 Å². The predicted molar refractivity (Wildman–Crippen MR) is 80.0 cm³/mol. The van der Waals surface area contributed by atoms with E-state index < -0.39 is 53.4 Å². The second-order valence-corrected chi connectivity index (χ2v) is 5.25. The number of amides is 1. The van der Waals surface area contributed by atoms with E-state index in [1.807, 2.05) is 0 Å². The van der Waals surface area contributed by atoms with Crippen molar-refractivity contribution in [1.29, 1.82) is 0 Å². The fourth-order valence-electron chi connectivity index (χ4n) is 2.13. The lowest BCUT2D eigenvalue weighted by Crippen LogP contribution is -2.46. The van der Waals surface area contributed by atoms with Crippen LogP contribution in [0.1, 0.15) is 25.8 Å². The number of carboxylic acid groups (broad SMARTS) is 1. The van der Waals surface area contributed by atoms with Crippen molar-refractivity contribution in [1.82, 2.24) is 5.32 Å². The highest BCUT2D eigenvalue weighted by Gasteiger charge is 2.29. The molecule has 0 saturated carbocycles. The Labute approximate surface area is 137 Å². The molecule has 0 aromatic heterocycles. The lowest BCUT2D eigenvalue weighted by atomic mass is 9.98. The maximum absolute atomic E-state index is 13.5. The number of halogens is 2. The molecule has 132 valence electrons. The molecule has 8 heteroatoms. The van der Waals surface area contributed by atoms with E-state index in [0.717, 1.165) is 18.2 Å². The maximum Gasteiger partial charge on any atom is 0.326 e. The summed E-state index contributed by atoms with van der Waals surface area (Å²) in [5.74, 6) is -5.34. The molecule has 1 rings (SSSR count). The molecule has 0 heterocycles. The molecule has 0 aliphatic carbocycles. The van der Waals surface area contributed by atoms with Crippen molar-refractivity contribution >= 4 is 17.8 Å². The van der Waals surface area contributed by atoms with Crippen LogP contribution in [0.5, 0.6) is 0 Å². The van der Waals surface area contributed by atoms with E-state index in [9.17, 15) is 28.3 Å². The van der Waals surface area contributed by atoms with Crippen LogP contribution >= 0.6 is 0 Å². The van der Waals surface area contributed by atoms with Crippen molar-refractivity contribution in [3.8, 4) is 0 Å². The molecule has 2 N–H and O–H groups in total. The molecule has 1 aromatic rings. The van der Waals surface area contributed by atoms with E-state index in [0.29, 0.717) is 0 Å². The van der Waals surface area contributed by atoms with E-state index in [-0.39, 0.29) is 13.0 Å². The van der Waals surface area contributed by atoms with Crippen molar-refractivity contribution < 1.29 is 33.0 Å². The Bertz CT molecular complexity index is 600. The van der Waals surface area contributed by atoms with Crippen molar-refractivity contribution in [3.63, 3.8) is 0 Å². The van der Waals surface area contributed by atoms with Crippen LogP contribution in [0.4, 0.5) is 8.78 Å². The zero-order valence-electron chi connectivity index (χ0n) is 13.3. The molecule has 0 aliphatic heterocycles. The van der Waals surface area contributed by atoms with Gasteiger partial charge in [-0.15, -0.1) is 0 Å². The molecular formula is C16H19F2NO5. The highest BCUT2D eigenvalue weighted by Crippen LogP contribution is 2.14. The quantitative estimate of drug-likeness (QED) is 0.701. The number of carbonyl (C=O) groups excluding carboxylic acids is 2. The Balaban J connectivity index is 2.76. The number of aliphatic carboxylic acids is 1. The van der Waals surface area contributed by atoms with Gasteiger partial charge in [-0.1, -0.05) is 13.0 Å². The van der Waals surface area contributed by atoms with Gasteiger partial charge in [0.1, 0.15) is 17.7 Å². The Morgan fingerprint density at radius 2 is 1.83 bits per heavy atom. The Morgan fingerprint density at radius 1 is 1.25 bits per heavy atom. The molecule has 1 aromatic carbocycles. The molecule has 0 spiro atoms. The number of carboxylic acids is 1. The molecule has 0 radical (unpaired) electrons. The van der Waals surface area contributed by atoms with Gasteiger partial charge in [0, 0.05) is 5.56 Å². The summed E-state index contributed by atoms with van der Waals surface area (Å²) in [7, 11) is 0. The van der Waals surface area contributed by atoms with E-state index in [2.05, 4.69) is 5.32 Å². The van der Waals surface area contributed by atoms with Gasteiger partial charge in [0.25, 0.3) is 0 Å². The normalized spacial score (nSPS) is 13.0. The fourth-order valence-corrected chi connectivity index (χ4v) is 2.13. The van der Waals surface area contributed by atoms with Crippen LogP contribution in [-0.2, 0) is 25.5 Å². The first-order chi connectivity index (χ1) is 11.3. The number of rotatable bonds is 8. The lowest BCUT2D eigenvalue weighted by Gasteiger charge is -2.21. The minimum Gasteiger partial charge on any atom is -0.480 e. The average molecular weight is 343 g/mol. The highest BCUT2D eigenvalue weighted by molar-refractivity contribution is 5.85. The molecule has 1 amide bonds. The van der Waals surface area contributed by atoms with Crippen LogP contribution in [0.2, 0.25) is 0 Å². The van der Waals surface area contributed by atoms with Crippen molar-refractivity contribution in [2.75, 3.05) is 6.61 Å². The maximum atomic E-state index is 13.5. The number of hydrogen-bond donors (Lipinski definition) is 2. The predicted octanol–water partition coefficient (Wildman–Crippen LogP) is 1.67. The van der Waals surface area contributed by atoms with Gasteiger partial charge < -0.3 is 15.2 Å². The Hall–Kier alpha value is -2.51. The molecular weight excluding hydrogens is 324 g/mol. The first kappa shape index (κ1) is 19.5. The summed E-state index contributed by atoms with van der Waals surface area (Å²) in [5.41, 5.74) is -0.447. The van der Waals surface area contributed by atoms with E-state index in [1.165, 1.54) is 6.92 Å². The standard InChI is InChI=1S/C16H19F2NO5/c1-3-24-14(21)7-9(2)15(16(22)23)19-13(20)8-10-11(17)5-4-6-12(10)18/h4-6,9,15H,3,7-8H2,1-2H3,(H,19,20)(H,22,23)/t9-,15+/m0/s1. The zero-order chi connectivity index (χ0) is 18.3. The molecule has 24 heavy (non-hydrogen) atoms. The topological polar surface area (TPSA) is 92.7 Å². The van der Waals surface area contributed by atoms with Gasteiger partial charge in [-0.25, -0.2) is 13.6 Å². The summed E-state index contributed by atoms with van der Waals surface area (Å²) in [5, 5.41) is 11.4. The van der Waals surface area contributed by atoms with Gasteiger partial charge in [-0.3, -0.25) is 9.59 Å². The van der Waals surface area contributed by atoms with Gasteiger partial charge in [0.2, 0.25) is 5.91 Å². The third-order valence-electron chi connectivity index (χ3n) is 3.34. The van der Waals surface area contributed by atoms with Crippen LogP contribution < -0.4 is 5.32 Å². The van der Waals surface area contributed by atoms with Gasteiger partial charge >= 0.3 is 11.9 Å². The molecule has 0 bridgehead atoms. The third kappa shape index (κ3) is 5.60. The summed E-state index contributed by atoms with van der Waals surface area (Å²) in [4.78, 5) is 34.6. The smallest absolute Gasteiger partial charge is 0.326 e. The average Bonchev–Trinajstić information content (AvgIpc) is 2.48. The minimum atomic E-state index is -1.38. The molecule has 0 unspecified atom stereocenters. The number of carbonyl (C=O) groups is 3. The Morgan fingerprint density at radius 3 is 2.33 bits per heavy atom. The number of hydrogen-bond acceptors (Lipinski definition) is 4. The summed E-state index contributed by atoms with van der Waals surface area (Å²) < 4.78 is 31.8. The fraction of sp³-hybridized carbons (Fsp3) is 0.438. The van der Waals surface area contributed by atoms with Crippen LogP contribution in [0.3, 0.4) is 0 Å². The summed E-state index contributed by atoms with van der Waals surface area (Å²) in [6.07, 6.45) is -0.854. The van der Waals surface area contributed by atoms with Crippen LogP contribution in [0.15, 0.2) is 18.2 Å². The third-order valence-corrected chi connectivity index (χ3v) is 3.34. The Kier molecular flexibility index (Phi) is 7.29. The first-order valence-electron chi connectivity index (χ1n) is 7.36. The summed E-state index contributed by atoms with van der Waals surface area (Å²) in [6.45, 7) is 3.23. The highest BCUT2D eigenvalue weighted by atomic mass is 19.1. The van der Waals surface area contributed by atoms with E-state index >= 15 is 0 Å². The van der Waals surface area contributed by atoms with Crippen molar-refractivity contribution in [2.45, 2.75) is 32.7 Å². The summed E-state index contributed by atoms with van der Waals surface area (Å²) in [6, 6.07) is 1.79. The SMILES string of the molecule is CCOC(=O)C[C@H](C)[C@@H](NC(=O)Cc1c(F)cccc1F)C(=O)O. The summed E-state index contributed by atoms with van der Waals surface area (Å²) >= 11 is 0. The van der Waals surface area contributed by atoms with E-state index in [4.69, 9.17) is 4.74 Å². The second kappa shape index (κ2) is 8.95. The van der Waals surface area contributed by atoms with Crippen molar-refractivity contribution in [3.05, 3.63) is 35.4 Å². The van der Waals surface area contributed by atoms with Crippen LogP contribution in [0.25, 0.3) is 0 Å². The molecule has 0 fully saturated rings. The number of nitrogens with one attached hydrogen (secondary N) is 1. The monoisotopic (exact) mass is 343 g/mol. The van der Waals surface area contributed by atoms with Gasteiger partial charge in [0.05, 0.1) is 19.4 Å². The molecule has 0 saturated heterocycles. The molecule has 6 nitrogen and oxygen atoms in total. The zero-order valence-corrected chi connectivity index (χ0v) is 13.3. The minimum absolute atomic E-state index is 0.155. The number of ether oxygens (including phenoxy) is 1. The first-order valence-corrected chi connectivity index (χ1v) is 7.36. The molecule has 0 aliphatic rings. The number of esters is 1. The van der Waals surface area contributed by atoms with Gasteiger partial charge in [-0.2, -0.15) is 0 Å². The molecule has 2 atom stereocenters. The number of benzene rings is 1. The van der Waals surface area contributed by atoms with E-state index in [1.54, 1.807) is 6.92 Å². The van der Waals surface area contributed by atoms with Gasteiger partial charge in [-0.05, 0) is 25.0 Å². The van der Waals surface area contributed by atoms with Crippen LogP contribution in [-0.4, -0.2) is 35.6 Å². The largest absolute Gasteiger partial charge is 0.480 e. The lowest BCUT2D eigenvalue weighted by molar-refractivity contribution is -0.147. The second-order valence-electron chi connectivity index (χ2n) is 5.25. The van der Waals surface area contributed by atoms with Crippen molar-refractivity contribution in [2.24, 2.45) is 5.92 Å².